The number of likely N-dealkylation sites (N-methyl/N-ethyl adjacent to an activating group) is 1. The molecule has 0 saturated carbocycles. The number of carbonyl (C=O) groups excluding carboxylic acids is 1. The van der Waals surface area contributed by atoms with Crippen molar-refractivity contribution in [3.05, 3.63) is 58.0 Å². The lowest BCUT2D eigenvalue weighted by Crippen LogP contribution is -2.78. The highest BCUT2D eigenvalue weighted by Gasteiger charge is 2.51. The van der Waals surface area contributed by atoms with Crippen LogP contribution in [0.3, 0.4) is 0 Å². The molecule has 3 aromatic rings. The van der Waals surface area contributed by atoms with Gasteiger partial charge in [0.25, 0.3) is 5.91 Å². The van der Waals surface area contributed by atoms with Crippen LogP contribution in [0.2, 0.25) is 0 Å². The maximum Gasteiger partial charge on any atom is 0.348 e. The van der Waals surface area contributed by atoms with Gasteiger partial charge >= 0.3 is 5.69 Å². The van der Waals surface area contributed by atoms with Crippen LogP contribution in [0.5, 0.6) is 11.5 Å². The lowest BCUT2D eigenvalue weighted by molar-refractivity contribution is -0.0885. The molecule has 1 aromatic heterocycles. The van der Waals surface area contributed by atoms with E-state index in [1.807, 2.05) is 18.7 Å². The van der Waals surface area contributed by atoms with Crippen molar-refractivity contribution >= 4 is 5.91 Å². The lowest BCUT2D eigenvalue weighted by Gasteiger charge is -2.60. The number of piperazine rings is 1. The number of phenols is 2. The van der Waals surface area contributed by atoms with E-state index in [2.05, 4.69) is 22.1 Å². The summed E-state index contributed by atoms with van der Waals surface area (Å²) in [6.07, 6.45) is 0. The molecule has 2 atom stereocenters. The standard InChI is InChI=1S/C23H25N5O4/c1-12(2)15-8-16(20(30)9-19(15)29)21-24-25-23(32)28(21)14-6-4-13(5-7-14)22(31)27-11-17-18(27)10-26(17)3/h4-9,12,17-18,29-30H,10-11H2,1-3H3,(H,25,32)/t17-,18?/m1/s1. The van der Waals surface area contributed by atoms with Gasteiger partial charge in [-0.05, 0) is 48.9 Å². The number of nitrogens with zero attached hydrogens (tertiary/aromatic N) is 4. The number of likely N-dealkylation sites (tertiary alicyclic amines) is 2. The molecule has 5 rings (SSSR count). The van der Waals surface area contributed by atoms with E-state index in [-0.39, 0.29) is 29.1 Å². The highest BCUT2D eigenvalue weighted by Crippen LogP contribution is 2.37. The minimum Gasteiger partial charge on any atom is -0.508 e. The fraction of sp³-hybridized carbons (Fsp3) is 0.348. The first-order valence-electron chi connectivity index (χ1n) is 10.6. The largest absolute Gasteiger partial charge is 0.508 e. The second-order valence-corrected chi connectivity index (χ2v) is 8.85. The van der Waals surface area contributed by atoms with E-state index in [1.54, 1.807) is 30.3 Å². The van der Waals surface area contributed by atoms with Crippen LogP contribution in [0.1, 0.15) is 35.7 Å². The summed E-state index contributed by atoms with van der Waals surface area (Å²) in [5, 5.41) is 27.1. The van der Waals surface area contributed by atoms with Gasteiger partial charge in [-0.25, -0.2) is 14.5 Å². The Labute approximate surface area is 184 Å². The number of fused-ring (bicyclic) bond motifs is 1. The number of aromatic hydroxyl groups is 2. The maximum absolute atomic E-state index is 12.8. The molecule has 0 bridgehead atoms. The first-order valence-corrected chi connectivity index (χ1v) is 10.6. The highest BCUT2D eigenvalue weighted by atomic mass is 16.3. The number of hydrogen-bond acceptors (Lipinski definition) is 6. The van der Waals surface area contributed by atoms with E-state index in [0.717, 1.165) is 13.1 Å². The number of rotatable bonds is 4. The van der Waals surface area contributed by atoms with Gasteiger partial charge in [-0.15, -0.1) is 0 Å². The van der Waals surface area contributed by atoms with Crippen molar-refractivity contribution in [1.29, 1.82) is 0 Å². The smallest absolute Gasteiger partial charge is 0.348 e. The molecule has 32 heavy (non-hydrogen) atoms. The number of hydrogen-bond donors (Lipinski definition) is 3. The van der Waals surface area contributed by atoms with Crippen molar-refractivity contribution in [3.8, 4) is 28.6 Å². The zero-order valence-electron chi connectivity index (χ0n) is 18.1. The van der Waals surface area contributed by atoms with E-state index >= 15 is 0 Å². The fourth-order valence-corrected chi connectivity index (χ4v) is 4.58. The molecular formula is C23H25N5O4. The summed E-state index contributed by atoms with van der Waals surface area (Å²) in [6, 6.07) is 10.4. The Morgan fingerprint density at radius 3 is 2.41 bits per heavy atom. The first-order chi connectivity index (χ1) is 15.3. The molecule has 1 unspecified atom stereocenters. The summed E-state index contributed by atoms with van der Waals surface area (Å²) in [5.41, 5.74) is 1.56. The normalized spacial score (nSPS) is 20.1. The third-order valence-corrected chi connectivity index (χ3v) is 6.58. The van der Waals surface area contributed by atoms with Gasteiger partial charge in [0.15, 0.2) is 5.82 Å². The van der Waals surface area contributed by atoms with E-state index in [0.29, 0.717) is 34.5 Å². The second-order valence-electron chi connectivity index (χ2n) is 8.85. The molecule has 0 spiro atoms. The van der Waals surface area contributed by atoms with Crippen LogP contribution in [-0.4, -0.2) is 72.9 Å². The summed E-state index contributed by atoms with van der Waals surface area (Å²) in [4.78, 5) is 29.5. The van der Waals surface area contributed by atoms with Gasteiger partial charge in [0.1, 0.15) is 11.5 Å². The Kier molecular flexibility index (Phi) is 4.59. The molecule has 2 aliphatic heterocycles. The Balaban J connectivity index is 1.47. The Bertz CT molecular complexity index is 1260. The third-order valence-electron chi connectivity index (χ3n) is 6.58. The zero-order chi connectivity index (χ0) is 22.7. The van der Waals surface area contributed by atoms with E-state index in [9.17, 15) is 19.8 Å². The molecule has 2 aliphatic rings. The van der Waals surface area contributed by atoms with Gasteiger partial charge in [0, 0.05) is 30.8 Å². The number of aromatic nitrogens is 3. The molecule has 9 heteroatoms. The number of H-pyrrole nitrogens is 1. The fourth-order valence-electron chi connectivity index (χ4n) is 4.58. The number of amides is 1. The average Bonchev–Trinajstić information content (AvgIpc) is 3.12. The zero-order valence-corrected chi connectivity index (χ0v) is 18.1. The van der Waals surface area contributed by atoms with Gasteiger partial charge in [-0.3, -0.25) is 9.69 Å². The van der Waals surface area contributed by atoms with Gasteiger partial charge in [-0.2, -0.15) is 5.10 Å². The minimum atomic E-state index is -0.472. The van der Waals surface area contributed by atoms with Gasteiger partial charge in [-0.1, -0.05) is 13.8 Å². The minimum absolute atomic E-state index is 0.00955. The number of nitrogens with one attached hydrogen (secondary N) is 1. The van der Waals surface area contributed by atoms with Crippen molar-refractivity contribution in [1.82, 2.24) is 24.6 Å². The van der Waals surface area contributed by atoms with Gasteiger partial charge in [0.05, 0.1) is 17.3 Å². The molecule has 2 aromatic carbocycles. The lowest BCUT2D eigenvalue weighted by atomic mass is 9.85. The number of phenolic OH excluding ortho intramolecular Hbond substituents is 2. The second kappa shape index (κ2) is 7.23. The molecule has 3 heterocycles. The molecule has 2 fully saturated rings. The summed E-state index contributed by atoms with van der Waals surface area (Å²) >= 11 is 0. The predicted molar refractivity (Wildman–Crippen MR) is 118 cm³/mol. The summed E-state index contributed by atoms with van der Waals surface area (Å²) in [5.74, 6) is 0.0199. The number of carbonyl (C=O) groups is 1. The number of aromatic amines is 1. The Hall–Kier alpha value is -3.59. The summed E-state index contributed by atoms with van der Waals surface area (Å²) < 4.78 is 1.34. The Morgan fingerprint density at radius 1 is 1.09 bits per heavy atom. The molecular weight excluding hydrogens is 410 g/mol. The SMILES string of the molecule is CC(C)c1cc(-c2n[nH]c(=O)n2-c2ccc(C(=O)N3C[C@@H]4C3CN4C)cc2)c(O)cc1O. The highest BCUT2D eigenvalue weighted by molar-refractivity contribution is 5.95. The van der Waals surface area contributed by atoms with Crippen molar-refractivity contribution in [2.45, 2.75) is 31.8 Å². The molecule has 0 radical (unpaired) electrons. The van der Waals surface area contributed by atoms with Crippen LogP contribution in [0.4, 0.5) is 0 Å². The maximum atomic E-state index is 12.8. The van der Waals surface area contributed by atoms with Crippen LogP contribution >= 0.6 is 0 Å². The van der Waals surface area contributed by atoms with Crippen LogP contribution < -0.4 is 5.69 Å². The quantitative estimate of drug-likeness (QED) is 0.577. The topological polar surface area (TPSA) is 115 Å². The molecule has 166 valence electrons. The third kappa shape index (κ3) is 3.00. The average molecular weight is 435 g/mol. The molecule has 0 aliphatic carbocycles. The van der Waals surface area contributed by atoms with Crippen molar-refractivity contribution in [2.75, 3.05) is 20.1 Å². The van der Waals surface area contributed by atoms with Crippen LogP contribution in [0.15, 0.2) is 41.2 Å². The molecule has 9 nitrogen and oxygen atoms in total. The van der Waals surface area contributed by atoms with E-state index in [1.165, 1.54) is 10.6 Å². The summed E-state index contributed by atoms with van der Waals surface area (Å²) in [7, 11) is 2.06. The van der Waals surface area contributed by atoms with Crippen LogP contribution in [0.25, 0.3) is 17.1 Å². The molecule has 2 saturated heterocycles. The van der Waals surface area contributed by atoms with Crippen LogP contribution in [-0.2, 0) is 0 Å². The van der Waals surface area contributed by atoms with Crippen molar-refractivity contribution in [3.63, 3.8) is 0 Å². The Morgan fingerprint density at radius 2 is 1.81 bits per heavy atom. The van der Waals surface area contributed by atoms with E-state index < -0.39 is 5.69 Å². The van der Waals surface area contributed by atoms with Gasteiger partial charge in [0.2, 0.25) is 0 Å². The van der Waals surface area contributed by atoms with Crippen molar-refractivity contribution < 1.29 is 15.0 Å². The van der Waals surface area contributed by atoms with Gasteiger partial charge < -0.3 is 15.1 Å². The molecule has 3 N–H and O–H groups in total. The predicted octanol–water partition coefficient (Wildman–Crippen LogP) is 1.90. The molecule has 1 amide bonds. The van der Waals surface area contributed by atoms with Crippen LogP contribution in [0, 0.1) is 0 Å². The first kappa shape index (κ1) is 20.3. The van der Waals surface area contributed by atoms with E-state index in [4.69, 9.17) is 0 Å². The summed E-state index contributed by atoms with van der Waals surface area (Å²) in [6.45, 7) is 5.48. The number of benzene rings is 2. The monoisotopic (exact) mass is 435 g/mol. The van der Waals surface area contributed by atoms with Crippen molar-refractivity contribution in [2.24, 2.45) is 0 Å².